The second kappa shape index (κ2) is 9.99. The molecular formula is C25H32Cl2N2O2. The Kier molecular flexibility index (Phi) is 7.33. The van der Waals surface area contributed by atoms with Gasteiger partial charge in [-0.2, -0.15) is 0 Å². The zero-order chi connectivity index (χ0) is 20.5. The number of piperidine rings is 1. The minimum absolute atomic E-state index is 0. The van der Waals surface area contributed by atoms with E-state index < -0.39 is 0 Å². The van der Waals surface area contributed by atoms with Crippen molar-refractivity contribution in [3.05, 3.63) is 58.6 Å². The summed E-state index contributed by atoms with van der Waals surface area (Å²) in [5, 5.41) is 4.73. The lowest BCUT2D eigenvalue weighted by molar-refractivity contribution is -0.0474. The SMILES string of the molecule is COc1ccc2c(c1)[C@H]1OCCC[C@H]1[C@@H](C1CCN(Cc3ccc(Cl)cc3)CC1)N2.Cl. The van der Waals surface area contributed by atoms with Crippen LogP contribution in [-0.2, 0) is 11.3 Å². The largest absolute Gasteiger partial charge is 0.497 e. The Morgan fingerprint density at radius 2 is 1.87 bits per heavy atom. The van der Waals surface area contributed by atoms with Gasteiger partial charge >= 0.3 is 0 Å². The Balaban J connectivity index is 0.00000231. The fourth-order valence-corrected chi connectivity index (χ4v) is 5.73. The van der Waals surface area contributed by atoms with Gasteiger partial charge in [0.1, 0.15) is 5.75 Å². The summed E-state index contributed by atoms with van der Waals surface area (Å²) in [6, 6.07) is 15.2. The van der Waals surface area contributed by atoms with Crippen molar-refractivity contribution >= 4 is 29.7 Å². The predicted octanol–water partition coefficient (Wildman–Crippen LogP) is 5.94. The molecule has 3 atom stereocenters. The van der Waals surface area contributed by atoms with Crippen LogP contribution < -0.4 is 10.1 Å². The van der Waals surface area contributed by atoms with Gasteiger partial charge in [-0.15, -0.1) is 12.4 Å². The van der Waals surface area contributed by atoms with Gasteiger partial charge in [0.15, 0.2) is 0 Å². The molecule has 0 spiro atoms. The van der Waals surface area contributed by atoms with Crippen LogP contribution >= 0.6 is 24.0 Å². The van der Waals surface area contributed by atoms with Gasteiger partial charge < -0.3 is 14.8 Å². The zero-order valence-corrected chi connectivity index (χ0v) is 19.6. The van der Waals surface area contributed by atoms with Crippen LogP contribution in [0.1, 0.15) is 42.9 Å². The molecule has 0 unspecified atom stereocenters. The Morgan fingerprint density at radius 1 is 1.10 bits per heavy atom. The molecule has 0 aromatic heterocycles. The molecule has 5 rings (SSSR count). The topological polar surface area (TPSA) is 33.7 Å². The number of nitrogens with zero attached hydrogens (tertiary/aromatic N) is 1. The molecule has 2 aromatic carbocycles. The highest BCUT2D eigenvalue weighted by Gasteiger charge is 2.43. The number of halogens is 2. The smallest absolute Gasteiger partial charge is 0.119 e. The number of anilines is 1. The third-order valence-electron chi connectivity index (χ3n) is 7.18. The van der Waals surface area contributed by atoms with Crippen molar-refractivity contribution < 1.29 is 9.47 Å². The van der Waals surface area contributed by atoms with E-state index in [4.69, 9.17) is 21.1 Å². The molecule has 0 amide bonds. The van der Waals surface area contributed by atoms with Crippen molar-refractivity contribution in [3.63, 3.8) is 0 Å². The normalized spacial score (nSPS) is 26.2. The second-order valence-electron chi connectivity index (χ2n) is 8.96. The molecule has 31 heavy (non-hydrogen) atoms. The number of nitrogens with one attached hydrogen (secondary N) is 1. The first-order chi connectivity index (χ1) is 14.7. The van der Waals surface area contributed by atoms with Crippen molar-refractivity contribution in [2.24, 2.45) is 11.8 Å². The summed E-state index contributed by atoms with van der Waals surface area (Å²) >= 11 is 6.03. The molecule has 0 bridgehead atoms. The molecule has 3 aliphatic rings. The van der Waals surface area contributed by atoms with Crippen molar-refractivity contribution in [2.75, 3.05) is 32.1 Å². The van der Waals surface area contributed by atoms with Crippen molar-refractivity contribution in [3.8, 4) is 5.75 Å². The second-order valence-corrected chi connectivity index (χ2v) is 9.40. The van der Waals surface area contributed by atoms with E-state index in [1.54, 1.807) is 7.11 Å². The predicted molar refractivity (Wildman–Crippen MR) is 129 cm³/mol. The molecule has 168 valence electrons. The van der Waals surface area contributed by atoms with Crippen LogP contribution in [0.15, 0.2) is 42.5 Å². The molecule has 3 heterocycles. The third-order valence-corrected chi connectivity index (χ3v) is 7.43. The number of ether oxygens (including phenoxy) is 2. The molecular weight excluding hydrogens is 431 g/mol. The van der Waals surface area contributed by atoms with Gasteiger partial charge in [-0.1, -0.05) is 23.7 Å². The Hall–Kier alpha value is -1.46. The van der Waals surface area contributed by atoms with Crippen LogP contribution in [0.5, 0.6) is 5.75 Å². The Morgan fingerprint density at radius 3 is 2.61 bits per heavy atom. The molecule has 4 nitrogen and oxygen atoms in total. The number of benzene rings is 2. The molecule has 1 N–H and O–H groups in total. The van der Waals surface area contributed by atoms with E-state index in [2.05, 4.69) is 40.5 Å². The highest BCUT2D eigenvalue weighted by Crippen LogP contribution is 2.47. The lowest BCUT2D eigenvalue weighted by atomic mass is 9.73. The lowest BCUT2D eigenvalue weighted by Gasteiger charge is -2.47. The maximum atomic E-state index is 6.32. The summed E-state index contributed by atoms with van der Waals surface area (Å²) in [5.41, 5.74) is 3.85. The number of hydrogen-bond donors (Lipinski definition) is 1. The van der Waals surface area contributed by atoms with Gasteiger partial charge in [-0.05, 0) is 80.6 Å². The number of fused-ring (bicyclic) bond motifs is 3. The van der Waals surface area contributed by atoms with Crippen LogP contribution in [0.3, 0.4) is 0 Å². The summed E-state index contributed by atoms with van der Waals surface area (Å²) in [5.74, 6) is 2.15. The molecule has 6 heteroatoms. The van der Waals surface area contributed by atoms with Crippen LogP contribution in [0.2, 0.25) is 5.02 Å². The van der Waals surface area contributed by atoms with E-state index >= 15 is 0 Å². The third kappa shape index (κ3) is 4.83. The number of rotatable bonds is 4. The quantitative estimate of drug-likeness (QED) is 0.608. The molecule has 0 radical (unpaired) electrons. The maximum Gasteiger partial charge on any atom is 0.119 e. The summed E-state index contributed by atoms with van der Waals surface area (Å²) < 4.78 is 11.8. The molecule has 0 aliphatic carbocycles. The first-order valence-corrected chi connectivity index (χ1v) is 11.6. The van der Waals surface area contributed by atoms with E-state index in [1.165, 1.54) is 36.1 Å². The summed E-state index contributed by atoms with van der Waals surface area (Å²) in [7, 11) is 1.73. The van der Waals surface area contributed by atoms with Crippen molar-refractivity contribution in [1.29, 1.82) is 0 Å². The van der Waals surface area contributed by atoms with Crippen LogP contribution in [0.4, 0.5) is 5.69 Å². The van der Waals surface area contributed by atoms with Crippen LogP contribution in [0, 0.1) is 11.8 Å². The van der Waals surface area contributed by atoms with Crippen LogP contribution in [-0.4, -0.2) is 37.7 Å². The standard InChI is InChI=1S/C25H31ClN2O2.ClH/c1-29-20-8-9-23-22(15-20)25-21(3-2-14-30-25)24(27-23)18-10-12-28(13-11-18)16-17-4-6-19(26)7-5-17;/h4-9,15,18,21,24-25,27H,2-3,10-14,16H2,1H3;1H/t21-,24+,25-;/m0./s1. The average molecular weight is 463 g/mol. The van der Waals surface area contributed by atoms with Gasteiger partial charge in [0.05, 0.1) is 13.2 Å². The summed E-state index contributed by atoms with van der Waals surface area (Å²) in [6.45, 7) is 4.18. The molecule has 2 saturated heterocycles. The monoisotopic (exact) mass is 462 g/mol. The van der Waals surface area contributed by atoms with E-state index in [0.29, 0.717) is 17.9 Å². The maximum absolute atomic E-state index is 6.32. The highest BCUT2D eigenvalue weighted by molar-refractivity contribution is 6.30. The average Bonchev–Trinajstić information content (AvgIpc) is 2.80. The van der Waals surface area contributed by atoms with E-state index in [9.17, 15) is 0 Å². The highest BCUT2D eigenvalue weighted by atomic mass is 35.5. The van der Waals surface area contributed by atoms with E-state index in [-0.39, 0.29) is 18.5 Å². The first kappa shape index (κ1) is 22.7. The minimum Gasteiger partial charge on any atom is -0.497 e. The van der Waals surface area contributed by atoms with E-state index in [0.717, 1.165) is 43.4 Å². The zero-order valence-electron chi connectivity index (χ0n) is 18.1. The fourth-order valence-electron chi connectivity index (χ4n) is 5.60. The van der Waals surface area contributed by atoms with Gasteiger partial charge in [-0.3, -0.25) is 4.90 Å². The number of methoxy groups -OCH3 is 1. The number of hydrogen-bond acceptors (Lipinski definition) is 4. The van der Waals surface area contributed by atoms with Gasteiger partial charge in [0.2, 0.25) is 0 Å². The summed E-state index contributed by atoms with van der Waals surface area (Å²) in [4.78, 5) is 2.58. The fraction of sp³-hybridized carbons (Fsp3) is 0.520. The van der Waals surface area contributed by atoms with Crippen LogP contribution in [0.25, 0.3) is 0 Å². The molecule has 2 fully saturated rings. The van der Waals surface area contributed by atoms with Gasteiger partial charge in [0.25, 0.3) is 0 Å². The Bertz CT molecular complexity index is 868. The van der Waals surface area contributed by atoms with E-state index in [1.807, 2.05) is 12.1 Å². The van der Waals surface area contributed by atoms with Gasteiger partial charge in [0, 0.05) is 41.4 Å². The minimum atomic E-state index is 0. The summed E-state index contributed by atoms with van der Waals surface area (Å²) in [6.07, 6.45) is 5.07. The first-order valence-electron chi connectivity index (χ1n) is 11.2. The van der Waals surface area contributed by atoms with Crippen molar-refractivity contribution in [1.82, 2.24) is 4.90 Å². The number of likely N-dealkylation sites (tertiary alicyclic amines) is 1. The lowest BCUT2D eigenvalue weighted by Crippen LogP contribution is -2.48. The molecule has 3 aliphatic heterocycles. The Labute approximate surface area is 196 Å². The molecule has 0 saturated carbocycles. The molecule has 2 aromatic rings. The van der Waals surface area contributed by atoms with Crippen molar-refractivity contribution in [2.45, 2.75) is 44.4 Å². The van der Waals surface area contributed by atoms with Gasteiger partial charge in [-0.25, -0.2) is 0 Å².